The lowest BCUT2D eigenvalue weighted by atomic mass is 9.85. The monoisotopic (exact) mass is 232 g/mol. The maximum Gasteiger partial charge on any atom is 0.331 e. The van der Waals surface area contributed by atoms with Crippen LogP contribution in [0.3, 0.4) is 0 Å². The Morgan fingerprint density at radius 3 is 2.35 bits per heavy atom. The van der Waals surface area contributed by atoms with Gasteiger partial charge in [0, 0.05) is 5.57 Å². The Morgan fingerprint density at radius 2 is 1.88 bits per heavy atom. The molecule has 0 aliphatic carbocycles. The Labute approximate surface area is 103 Å². The lowest BCUT2D eigenvalue weighted by Crippen LogP contribution is -2.11. The van der Waals surface area contributed by atoms with Crippen molar-refractivity contribution in [2.75, 3.05) is 0 Å². The third-order valence-electron chi connectivity index (χ3n) is 2.85. The SMILES string of the molecule is C/C(=C\c1cc(C(C)(C)C)ccc1C)C(=O)O. The van der Waals surface area contributed by atoms with Gasteiger partial charge in [-0.15, -0.1) is 0 Å². The third kappa shape index (κ3) is 3.45. The Kier molecular flexibility index (Phi) is 3.76. The van der Waals surface area contributed by atoms with E-state index in [9.17, 15) is 4.79 Å². The van der Waals surface area contributed by atoms with E-state index in [2.05, 4.69) is 32.9 Å². The van der Waals surface area contributed by atoms with Gasteiger partial charge in [-0.2, -0.15) is 0 Å². The number of benzene rings is 1. The molecule has 0 fully saturated rings. The molecule has 2 nitrogen and oxygen atoms in total. The van der Waals surface area contributed by atoms with Crippen LogP contribution in [0.25, 0.3) is 6.08 Å². The summed E-state index contributed by atoms with van der Waals surface area (Å²) >= 11 is 0. The molecule has 1 aromatic rings. The highest BCUT2D eigenvalue weighted by Crippen LogP contribution is 2.25. The second-order valence-electron chi connectivity index (χ2n) is 5.45. The molecule has 0 aliphatic rings. The number of carbonyl (C=O) groups is 1. The summed E-state index contributed by atoms with van der Waals surface area (Å²) in [7, 11) is 0. The van der Waals surface area contributed by atoms with E-state index >= 15 is 0 Å². The Bertz CT molecular complexity index is 462. The largest absolute Gasteiger partial charge is 0.478 e. The summed E-state index contributed by atoms with van der Waals surface area (Å²) in [4.78, 5) is 10.8. The van der Waals surface area contributed by atoms with E-state index in [1.165, 1.54) is 5.56 Å². The zero-order valence-corrected chi connectivity index (χ0v) is 11.2. The van der Waals surface area contributed by atoms with Crippen molar-refractivity contribution in [3.05, 3.63) is 40.5 Å². The molecule has 0 bridgehead atoms. The molecule has 0 saturated carbocycles. The molecular formula is C15H20O2. The summed E-state index contributed by atoms with van der Waals surface area (Å²) in [6, 6.07) is 6.21. The molecule has 0 amide bonds. The molecule has 0 spiro atoms. The highest BCUT2D eigenvalue weighted by atomic mass is 16.4. The van der Waals surface area contributed by atoms with E-state index in [1.54, 1.807) is 13.0 Å². The predicted molar refractivity (Wildman–Crippen MR) is 71.2 cm³/mol. The average Bonchev–Trinajstić information content (AvgIpc) is 2.19. The molecular weight excluding hydrogens is 212 g/mol. The quantitative estimate of drug-likeness (QED) is 0.788. The fraction of sp³-hybridized carbons (Fsp3) is 0.400. The third-order valence-corrected chi connectivity index (χ3v) is 2.85. The van der Waals surface area contributed by atoms with Gasteiger partial charge in [-0.05, 0) is 42.0 Å². The van der Waals surface area contributed by atoms with Crippen molar-refractivity contribution in [2.45, 2.75) is 40.0 Å². The molecule has 2 heteroatoms. The summed E-state index contributed by atoms with van der Waals surface area (Å²) in [6.45, 7) is 10.1. The van der Waals surface area contributed by atoms with Gasteiger partial charge in [0.05, 0.1) is 0 Å². The first-order valence-electron chi connectivity index (χ1n) is 5.74. The van der Waals surface area contributed by atoms with Crippen LogP contribution < -0.4 is 0 Å². The van der Waals surface area contributed by atoms with Crippen LogP contribution in [0.15, 0.2) is 23.8 Å². The van der Waals surface area contributed by atoms with Crippen LogP contribution in [0.5, 0.6) is 0 Å². The van der Waals surface area contributed by atoms with Gasteiger partial charge < -0.3 is 5.11 Å². The highest BCUT2D eigenvalue weighted by Gasteiger charge is 2.14. The number of aryl methyl sites for hydroxylation is 1. The zero-order chi connectivity index (χ0) is 13.2. The first-order valence-corrected chi connectivity index (χ1v) is 5.74. The van der Waals surface area contributed by atoms with Crippen LogP contribution in [0.4, 0.5) is 0 Å². The van der Waals surface area contributed by atoms with Crippen LogP contribution in [0.2, 0.25) is 0 Å². The molecule has 0 unspecified atom stereocenters. The number of hydrogen-bond donors (Lipinski definition) is 1. The second kappa shape index (κ2) is 4.74. The van der Waals surface area contributed by atoms with Crippen LogP contribution in [0.1, 0.15) is 44.4 Å². The molecule has 0 aliphatic heterocycles. The molecule has 0 heterocycles. The molecule has 0 aromatic heterocycles. The lowest BCUT2D eigenvalue weighted by molar-refractivity contribution is -0.132. The van der Waals surface area contributed by atoms with Crippen LogP contribution in [-0.2, 0) is 10.2 Å². The maximum absolute atomic E-state index is 10.8. The number of carboxylic acid groups (broad SMARTS) is 1. The van der Waals surface area contributed by atoms with E-state index in [0.29, 0.717) is 5.57 Å². The van der Waals surface area contributed by atoms with E-state index in [1.807, 2.05) is 13.0 Å². The minimum atomic E-state index is -0.870. The number of carboxylic acids is 1. The summed E-state index contributed by atoms with van der Waals surface area (Å²) in [5.41, 5.74) is 3.73. The van der Waals surface area contributed by atoms with Crippen LogP contribution in [-0.4, -0.2) is 11.1 Å². The molecule has 1 N–H and O–H groups in total. The standard InChI is InChI=1S/C15H20O2/c1-10-6-7-13(15(3,4)5)9-12(10)8-11(2)14(16)17/h6-9H,1-5H3,(H,16,17)/b11-8+. The number of rotatable bonds is 2. The van der Waals surface area contributed by atoms with Crippen molar-refractivity contribution in [1.29, 1.82) is 0 Å². The van der Waals surface area contributed by atoms with Gasteiger partial charge in [0.1, 0.15) is 0 Å². The summed E-state index contributed by atoms with van der Waals surface area (Å²) in [6.07, 6.45) is 1.73. The van der Waals surface area contributed by atoms with E-state index in [0.717, 1.165) is 11.1 Å². The summed E-state index contributed by atoms with van der Waals surface area (Å²) < 4.78 is 0. The Morgan fingerprint density at radius 1 is 1.29 bits per heavy atom. The highest BCUT2D eigenvalue weighted by molar-refractivity contribution is 5.91. The molecule has 92 valence electrons. The van der Waals surface area contributed by atoms with Crippen molar-refractivity contribution >= 4 is 12.0 Å². The Hall–Kier alpha value is -1.57. The van der Waals surface area contributed by atoms with E-state index in [4.69, 9.17) is 5.11 Å². The topological polar surface area (TPSA) is 37.3 Å². The molecule has 0 radical (unpaired) electrons. The average molecular weight is 232 g/mol. The number of aliphatic carboxylic acids is 1. The van der Waals surface area contributed by atoms with Gasteiger partial charge in [-0.1, -0.05) is 39.0 Å². The smallest absolute Gasteiger partial charge is 0.331 e. The lowest BCUT2D eigenvalue weighted by Gasteiger charge is -2.20. The number of hydrogen-bond acceptors (Lipinski definition) is 1. The first kappa shape index (κ1) is 13.5. The maximum atomic E-state index is 10.8. The normalized spacial score (nSPS) is 12.6. The van der Waals surface area contributed by atoms with Crippen molar-refractivity contribution < 1.29 is 9.90 Å². The van der Waals surface area contributed by atoms with E-state index < -0.39 is 5.97 Å². The van der Waals surface area contributed by atoms with Gasteiger partial charge in [-0.3, -0.25) is 0 Å². The van der Waals surface area contributed by atoms with E-state index in [-0.39, 0.29) is 5.41 Å². The van der Waals surface area contributed by atoms with Gasteiger partial charge in [-0.25, -0.2) is 4.79 Å². The van der Waals surface area contributed by atoms with Crippen molar-refractivity contribution in [1.82, 2.24) is 0 Å². The minimum absolute atomic E-state index is 0.0768. The van der Waals surface area contributed by atoms with Crippen LogP contribution >= 0.6 is 0 Å². The van der Waals surface area contributed by atoms with Crippen LogP contribution in [0, 0.1) is 6.92 Å². The Balaban J connectivity index is 3.25. The van der Waals surface area contributed by atoms with Gasteiger partial charge in [0.25, 0.3) is 0 Å². The minimum Gasteiger partial charge on any atom is -0.478 e. The summed E-state index contributed by atoms with van der Waals surface area (Å²) in [5.74, 6) is -0.870. The zero-order valence-electron chi connectivity index (χ0n) is 11.2. The molecule has 1 rings (SSSR count). The molecule has 17 heavy (non-hydrogen) atoms. The van der Waals surface area contributed by atoms with Gasteiger partial charge in [0.15, 0.2) is 0 Å². The second-order valence-corrected chi connectivity index (χ2v) is 5.45. The fourth-order valence-corrected chi connectivity index (χ4v) is 1.56. The first-order chi connectivity index (χ1) is 7.71. The molecule has 0 saturated heterocycles. The molecule has 1 aromatic carbocycles. The van der Waals surface area contributed by atoms with Crippen molar-refractivity contribution in [3.8, 4) is 0 Å². The molecule has 0 atom stereocenters. The summed E-state index contributed by atoms with van der Waals surface area (Å²) in [5, 5.41) is 8.90. The van der Waals surface area contributed by atoms with Gasteiger partial charge in [0.2, 0.25) is 0 Å². The van der Waals surface area contributed by atoms with Gasteiger partial charge >= 0.3 is 5.97 Å². The van der Waals surface area contributed by atoms with Crippen molar-refractivity contribution in [2.24, 2.45) is 0 Å². The predicted octanol–water partition coefficient (Wildman–Crippen LogP) is 3.78. The van der Waals surface area contributed by atoms with Crippen molar-refractivity contribution in [3.63, 3.8) is 0 Å². The fourth-order valence-electron chi connectivity index (χ4n) is 1.56.